The molecule has 0 bridgehead atoms. The number of para-hydroxylation sites is 1. The normalized spacial score (nSPS) is 16.4. The maximum Gasteiger partial charge on any atom is 0.279 e. The van der Waals surface area contributed by atoms with E-state index in [1.165, 1.54) is 37.3 Å². The Bertz CT molecular complexity index is 1450. The standard InChI is InChI=1S/C24H24FN3O4S2/c1-3-33(29,30)27-22-10-5-4-9-21(22)23-16-24(18-7-6-8-19(25)15-18)28(26-23)34(31,32)20-13-11-17(2)12-14-20/h4-15,24,27H,3,16H2,1-2H3/t24-/m1/s1. The summed E-state index contributed by atoms with van der Waals surface area (Å²) in [5, 5.41) is 4.44. The average Bonchev–Trinajstić information content (AvgIpc) is 3.26. The lowest BCUT2D eigenvalue weighted by Gasteiger charge is -2.23. The number of hydrogen-bond acceptors (Lipinski definition) is 5. The summed E-state index contributed by atoms with van der Waals surface area (Å²) >= 11 is 0. The largest absolute Gasteiger partial charge is 0.283 e. The van der Waals surface area contributed by atoms with Crippen molar-refractivity contribution < 1.29 is 21.2 Å². The molecule has 1 heterocycles. The zero-order valence-corrected chi connectivity index (χ0v) is 20.3. The second-order valence-corrected chi connectivity index (χ2v) is 11.8. The topological polar surface area (TPSA) is 95.9 Å². The van der Waals surface area contributed by atoms with Crippen LogP contribution in [0.2, 0.25) is 0 Å². The minimum Gasteiger partial charge on any atom is -0.283 e. The molecule has 7 nitrogen and oxygen atoms in total. The number of halogens is 1. The van der Waals surface area contributed by atoms with Crippen molar-refractivity contribution >= 4 is 31.4 Å². The molecule has 1 N–H and O–H groups in total. The summed E-state index contributed by atoms with van der Waals surface area (Å²) in [6.07, 6.45) is 0.138. The van der Waals surface area contributed by atoms with Crippen LogP contribution in [0.4, 0.5) is 10.1 Å². The molecule has 0 fully saturated rings. The monoisotopic (exact) mass is 501 g/mol. The SMILES string of the molecule is CCS(=O)(=O)Nc1ccccc1C1=NN(S(=O)(=O)c2ccc(C)cc2)[C@@H](c2cccc(F)c2)C1. The van der Waals surface area contributed by atoms with E-state index < -0.39 is 31.9 Å². The van der Waals surface area contributed by atoms with E-state index in [1.54, 1.807) is 42.5 Å². The molecule has 34 heavy (non-hydrogen) atoms. The maximum atomic E-state index is 14.0. The van der Waals surface area contributed by atoms with Crippen molar-refractivity contribution in [3.05, 3.63) is 95.3 Å². The lowest BCUT2D eigenvalue weighted by atomic mass is 9.98. The van der Waals surface area contributed by atoms with Gasteiger partial charge in [-0.05, 0) is 49.7 Å². The molecule has 0 amide bonds. The Balaban J connectivity index is 1.83. The molecule has 10 heteroatoms. The number of benzene rings is 3. The Kier molecular flexibility index (Phi) is 6.46. The lowest BCUT2D eigenvalue weighted by molar-refractivity contribution is 0.370. The Morgan fingerprint density at radius 2 is 1.71 bits per heavy atom. The average molecular weight is 502 g/mol. The van der Waals surface area contributed by atoms with Crippen LogP contribution in [0.1, 0.15) is 36.1 Å². The predicted octanol–water partition coefficient (Wildman–Crippen LogP) is 4.44. The minimum absolute atomic E-state index is 0.0597. The molecule has 0 radical (unpaired) electrons. The summed E-state index contributed by atoms with van der Waals surface area (Å²) in [5.74, 6) is -0.608. The summed E-state index contributed by atoms with van der Waals surface area (Å²) in [6.45, 7) is 3.38. The smallest absolute Gasteiger partial charge is 0.279 e. The molecule has 0 saturated heterocycles. The fourth-order valence-corrected chi connectivity index (χ4v) is 5.81. The highest BCUT2D eigenvalue weighted by Crippen LogP contribution is 2.38. The predicted molar refractivity (Wildman–Crippen MR) is 130 cm³/mol. The fourth-order valence-electron chi connectivity index (χ4n) is 3.72. The van der Waals surface area contributed by atoms with Gasteiger partial charge in [0, 0.05) is 12.0 Å². The molecule has 1 aliphatic rings. The molecule has 0 aromatic heterocycles. The second-order valence-electron chi connectivity index (χ2n) is 7.96. The first kappa shape index (κ1) is 23.9. The van der Waals surface area contributed by atoms with Gasteiger partial charge in [-0.25, -0.2) is 12.8 Å². The van der Waals surface area contributed by atoms with E-state index in [9.17, 15) is 21.2 Å². The Labute approximate surface area is 199 Å². The van der Waals surface area contributed by atoms with E-state index in [0.29, 0.717) is 22.5 Å². The van der Waals surface area contributed by atoms with Gasteiger partial charge in [0.15, 0.2) is 0 Å². The van der Waals surface area contributed by atoms with Crippen LogP contribution >= 0.6 is 0 Å². The maximum absolute atomic E-state index is 14.0. The van der Waals surface area contributed by atoms with Gasteiger partial charge in [-0.15, -0.1) is 0 Å². The van der Waals surface area contributed by atoms with Gasteiger partial charge in [-0.1, -0.05) is 48.0 Å². The third kappa shape index (κ3) is 4.83. The van der Waals surface area contributed by atoms with Gasteiger partial charge in [-0.3, -0.25) is 4.72 Å². The van der Waals surface area contributed by atoms with Gasteiger partial charge in [0.1, 0.15) is 5.82 Å². The first-order chi connectivity index (χ1) is 16.1. The number of nitrogens with one attached hydrogen (secondary N) is 1. The van der Waals surface area contributed by atoms with Crippen molar-refractivity contribution in [3.8, 4) is 0 Å². The molecular formula is C24H24FN3O4S2. The van der Waals surface area contributed by atoms with Crippen LogP contribution in [0.15, 0.2) is 82.8 Å². The van der Waals surface area contributed by atoms with Crippen LogP contribution in [0.3, 0.4) is 0 Å². The van der Waals surface area contributed by atoms with Gasteiger partial charge in [0.25, 0.3) is 10.0 Å². The van der Waals surface area contributed by atoms with E-state index in [-0.39, 0.29) is 17.1 Å². The number of hydrazone groups is 1. The van der Waals surface area contributed by atoms with E-state index >= 15 is 0 Å². The third-order valence-electron chi connectivity index (χ3n) is 5.55. The van der Waals surface area contributed by atoms with E-state index in [0.717, 1.165) is 9.98 Å². The van der Waals surface area contributed by atoms with E-state index in [4.69, 9.17) is 0 Å². The highest BCUT2D eigenvalue weighted by Gasteiger charge is 2.38. The number of nitrogens with zero attached hydrogens (tertiary/aromatic N) is 2. The van der Waals surface area contributed by atoms with Crippen molar-refractivity contribution in [3.63, 3.8) is 0 Å². The molecule has 178 valence electrons. The highest BCUT2D eigenvalue weighted by atomic mass is 32.2. The van der Waals surface area contributed by atoms with Crippen LogP contribution in [0.5, 0.6) is 0 Å². The van der Waals surface area contributed by atoms with Gasteiger partial charge < -0.3 is 0 Å². The first-order valence-electron chi connectivity index (χ1n) is 10.6. The summed E-state index contributed by atoms with van der Waals surface area (Å²) < 4.78 is 69.1. The molecule has 0 saturated carbocycles. The highest BCUT2D eigenvalue weighted by molar-refractivity contribution is 7.92. The van der Waals surface area contributed by atoms with Crippen LogP contribution in [0.25, 0.3) is 0 Å². The van der Waals surface area contributed by atoms with Crippen LogP contribution in [0, 0.1) is 12.7 Å². The van der Waals surface area contributed by atoms with E-state index in [1.807, 2.05) is 6.92 Å². The van der Waals surface area contributed by atoms with E-state index in [2.05, 4.69) is 9.82 Å². The molecule has 3 aromatic rings. The van der Waals surface area contributed by atoms with Crippen molar-refractivity contribution in [2.24, 2.45) is 5.10 Å². The molecule has 0 unspecified atom stereocenters. The molecule has 1 aliphatic heterocycles. The summed E-state index contributed by atoms with van der Waals surface area (Å²) in [6, 6.07) is 18.0. The number of aryl methyl sites for hydroxylation is 1. The van der Waals surface area contributed by atoms with Gasteiger partial charge in [0.05, 0.1) is 28.1 Å². The Morgan fingerprint density at radius 1 is 1.00 bits per heavy atom. The zero-order chi connectivity index (χ0) is 24.5. The molecule has 3 aromatic carbocycles. The van der Waals surface area contributed by atoms with Gasteiger partial charge in [-0.2, -0.15) is 17.9 Å². The quantitative estimate of drug-likeness (QED) is 0.518. The lowest BCUT2D eigenvalue weighted by Crippen LogP contribution is -2.27. The van der Waals surface area contributed by atoms with Crippen molar-refractivity contribution in [2.75, 3.05) is 10.5 Å². The Hall–Kier alpha value is -3.24. The number of sulfonamides is 2. The summed E-state index contributed by atoms with van der Waals surface area (Å²) in [7, 11) is -7.65. The third-order valence-corrected chi connectivity index (χ3v) is 8.54. The number of hydrogen-bond donors (Lipinski definition) is 1. The van der Waals surface area contributed by atoms with Crippen LogP contribution < -0.4 is 4.72 Å². The zero-order valence-electron chi connectivity index (χ0n) is 18.6. The summed E-state index contributed by atoms with van der Waals surface area (Å²) in [5.41, 5.74) is 2.49. The second kappa shape index (κ2) is 9.19. The number of anilines is 1. The molecule has 4 rings (SSSR count). The van der Waals surface area contributed by atoms with Crippen molar-refractivity contribution in [1.29, 1.82) is 0 Å². The van der Waals surface area contributed by atoms with Crippen LogP contribution in [-0.2, 0) is 20.0 Å². The number of rotatable bonds is 7. The summed E-state index contributed by atoms with van der Waals surface area (Å²) in [4.78, 5) is 0.0597. The Morgan fingerprint density at radius 3 is 2.38 bits per heavy atom. The molecular weight excluding hydrogens is 477 g/mol. The van der Waals surface area contributed by atoms with Crippen molar-refractivity contribution in [1.82, 2.24) is 4.41 Å². The minimum atomic E-state index is -4.07. The molecule has 1 atom stereocenters. The fraction of sp³-hybridized carbons (Fsp3) is 0.208. The van der Waals surface area contributed by atoms with Crippen molar-refractivity contribution in [2.45, 2.75) is 31.2 Å². The van der Waals surface area contributed by atoms with Crippen LogP contribution in [-0.4, -0.2) is 32.7 Å². The first-order valence-corrected chi connectivity index (χ1v) is 13.7. The molecule has 0 aliphatic carbocycles. The molecule has 0 spiro atoms. The van der Waals surface area contributed by atoms with Gasteiger partial charge in [0.2, 0.25) is 10.0 Å². The van der Waals surface area contributed by atoms with Gasteiger partial charge >= 0.3 is 0 Å².